The van der Waals surface area contributed by atoms with Crippen molar-refractivity contribution in [1.82, 2.24) is 15.6 Å². The average Bonchev–Trinajstić information content (AvgIpc) is 3.20. The van der Waals surface area contributed by atoms with Gasteiger partial charge in [0.15, 0.2) is 5.96 Å². The molecule has 0 aliphatic rings. The second kappa shape index (κ2) is 7.28. The largest absolute Gasteiger partial charge is 0.361 e. The van der Waals surface area contributed by atoms with Crippen molar-refractivity contribution in [3.8, 4) is 0 Å². The van der Waals surface area contributed by atoms with Gasteiger partial charge in [-0.2, -0.15) is 11.3 Å². The molecule has 3 N–H and O–H groups in total. The van der Waals surface area contributed by atoms with E-state index in [2.05, 4.69) is 37.4 Å². The third kappa shape index (κ3) is 3.90. The fourth-order valence-corrected chi connectivity index (χ4v) is 3.14. The number of benzene rings is 1. The molecular weight excluding hydrogens is 311 g/mol. The summed E-state index contributed by atoms with van der Waals surface area (Å²) in [5, 5.41) is 11.7. The zero-order chi connectivity index (χ0) is 16.1. The topological polar surface area (TPSA) is 52.2 Å². The van der Waals surface area contributed by atoms with E-state index < -0.39 is 0 Å². The Kier molecular flexibility index (Phi) is 4.92. The zero-order valence-corrected chi connectivity index (χ0v) is 13.7. The van der Waals surface area contributed by atoms with Gasteiger partial charge < -0.3 is 15.6 Å². The summed E-state index contributed by atoms with van der Waals surface area (Å²) in [6.45, 7) is 1.48. The van der Waals surface area contributed by atoms with Crippen LogP contribution in [0.2, 0.25) is 0 Å². The van der Waals surface area contributed by atoms with Crippen LogP contribution in [0.5, 0.6) is 0 Å². The summed E-state index contributed by atoms with van der Waals surface area (Å²) in [4.78, 5) is 7.38. The summed E-state index contributed by atoms with van der Waals surface area (Å²) in [5.74, 6) is 0.557. The number of rotatable bonds is 5. The number of aliphatic imine (C=N–C) groups is 1. The second-order valence-corrected chi connectivity index (χ2v) is 6.02. The molecule has 2 aromatic heterocycles. The molecule has 2 heterocycles. The van der Waals surface area contributed by atoms with Crippen LogP contribution in [0.15, 0.2) is 46.2 Å². The van der Waals surface area contributed by atoms with Crippen LogP contribution in [0.4, 0.5) is 4.39 Å². The van der Waals surface area contributed by atoms with E-state index >= 15 is 0 Å². The molecule has 23 heavy (non-hydrogen) atoms. The van der Waals surface area contributed by atoms with Crippen LogP contribution >= 0.6 is 11.3 Å². The van der Waals surface area contributed by atoms with Crippen LogP contribution in [-0.2, 0) is 13.0 Å². The van der Waals surface area contributed by atoms with Crippen molar-refractivity contribution in [2.45, 2.75) is 13.0 Å². The Morgan fingerprint density at radius 1 is 1.30 bits per heavy atom. The summed E-state index contributed by atoms with van der Waals surface area (Å²) in [6, 6.07) is 6.90. The Morgan fingerprint density at radius 2 is 2.22 bits per heavy atom. The molecule has 120 valence electrons. The summed E-state index contributed by atoms with van der Waals surface area (Å²) in [6.07, 6.45) is 2.73. The summed E-state index contributed by atoms with van der Waals surface area (Å²) < 4.78 is 13.4. The summed E-state index contributed by atoms with van der Waals surface area (Å²) in [5.41, 5.74) is 3.30. The lowest BCUT2D eigenvalue weighted by molar-refractivity contribution is 0.629. The number of H-pyrrole nitrogens is 1. The van der Waals surface area contributed by atoms with Crippen LogP contribution in [0, 0.1) is 5.82 Å². The van der Waals surface area contributed by atoms with E-state index in [1.54, 1.807) is 30.5 Å². The lowest BCUT2D eigenvalue weighted by Gasteiger charge is -2.11. The van der Waals surface area contributed by atoms with E-state index in [0.717, 1.165) is 41.9 Å². The molecule has 0 fully saturated rings. The van der Waals surface area contributed by atoms with E-state index in [9.17, 15) is 4.39 Å². The van der Waals surface area contributed by atoms with E-state index in [1.165, 1.54) is 11.6 Å². The maximum atomic E-state index is 13.4. The highest BCUT2D eigenvalue weighted by atomic mass is 32.1. The molecule has 1 aromatic carbocycles. The molecule has 0 spiro atoms. The summed E-state index contributed by atoms with van der Waals surface area (Å²) in [7, 11) is 1.75. The first-order valence-corrected chi connectivity index (χ1v) is 8.41. The van der Waals surface area contributed by atoms with Crippen LogP contribution in [-0.4, -0.2) is 24.5 Å². The second-order valence-electron chi connectivity index (χ2n) is 5.24. The fraction of sp³-hybridized carbons (Fsp3) is 0.235. The molecule has 0 atom stereocenters. The van der Waals surface area contributed by atoms with Gasteiger partial charge in [-0.3, -0.25) is 4.99 Å². The third-order valence-corrected chi connectivity index (χ3v) is 4.41. The molecule has 0 amide bonds. The van der Waals surface area contributed by atoms with Gasteiger partial charge in [0.1, 0.15) is 5.82 Å². The van der Waals surface area contributed by atoms with Gasteiger partial charge in [-0.05, 0) is 52.6 Å². The smallest absolute Gasteiger partial charge is 0.191 e. The van der Waals surface area contributed by atoms with Crippen LogP contribution in [0.25, 0.3) is 10.9 Å². The van der Waals surface area contributed by atoms with Gasteiger partial charge >= 0.3 is 0 Å². The molecular formula is C17H19FN4S. The highest BCUT2D eigenvalue weighted by Gasteiger charge is 2.05. The monoisotopic (exact) mass is 330 g/mol. The van der Waals surface area contributed by atoms with E-state index in [4.69, 9.17) is 0 Å². The minimum Gasteiger partial charge on any atom is -0.361 e. The normalized spacial score (nSPS) is 11.8. The van der Waals surface area contributed by atoms with Crippen molar-refractivity contribution < 1.29 is 4.39 Å². The van der Waals surface area contributed by atoms with Crippen LogP contribution in [0.1, 0.15) is 11.1 Å². The molecule has 4 nitrogen and oxygen atoms in total. The standard InChI is InChI=1S/C17H19FN4S/c1-19-17(22-9-12-5-7-23-11-12)20-6-4-13-10-21-16-3-2-14(18)8-15(13)16/h2-3,5,7-8,10-11,21H,4,6,9H2,1H3,(H2,19,20,22). The quantitative estimate of drug-likeness (QED) is 0.497. The number of aromatic nitrogens is 1. The molecule has 0 bridgehead atoms. The van der Waals surface area contributed by atoms with Crippen molar-refractivity contribution in [2.75, 3.05) is 13.6 Å². The lowest BCUT2D eigenvalue weighted by atomic mass is 10.1. The predicted octanol–water partition coefficient (Wildman–Crippen LogP) is 3.28. The highest BCUT2D eigenvalue weighted by molar-refractivity contribution is 7.07. The van der Waals surface area contributed by atoms with Crippen molar-refractivity contribution in [3.63, 3.8) is 0 Å². The maximum absolute atomic E-state index is 13.4. The van der Waals surface area contributed by atoms with Crippen LogP contribution < -0.4 is 10.6 Å². The molecule has 3 aromatic rings. The third-order valence-electron chi connectivity index (χ3n) is 3.68. The number of hydrogen-bond donors (Lipinski definition) is 3. The van der Waals surface area contributed by atoms with Crippen molar-refractivity contribution in [1.29, 1.82) is 0 Å². The molecule has 0 saturated carbocycles. The van der Waals surface area contributed by atoms with Gasteiger partial charge in [-0.15, -0.1) is 0 Å². The summed E-state index contributed by atoms with van der Waals surface area (Å²) >= 11 is 1.68. The molecule has 0 unspecified atom stereocenters. The Bertz CT molecular complexity index is 792. The first kappa shape index (κ1) is 15.6. The lowest BCUT2D eigenvalue weighted by Crippen LogP contribution is -2.37. The van der Waals surface area contributed by atoms with Gasteiger partial charge in [-0.25, -0.2) is 4.39 Å². The van der Waals surface area contributed by atoms with Gasteiger partial charge in [0, 0.05) is 37.2 Å². The Morgan fingerprint density at radius 3 is 3.00 bits per heavy atom. The van der Waals surface area contributed by atoms with Gasteiger partial charge in [-0.1, -0.05) is 0 Å². The highest BCUT2D eigenvalue weighted by Crippen LogP contribution is 2.19. The number of thiophene rings is 1. The number of fused-ring (bicyclic) bond motifs is 1. The van der Waals surface area contributed by atoms with Crippen molar-refractivity contribution in [3.05, 3.63) is 58.2 Å². The molecule has 0 aliphatic heterocycles. The van der Waals surface area contributed by atoms with E-state index in [1.807, 2.05) is 6.20 Å². The molecule has 6 heteroatoms. The average molecular weight is 330 g/mol. The van der Waals surface area contributed by atoms with E-state index in [0.29, 0.717) is 0 Å². The molecule has 0 saturated heterocycles. The zero-order valence-electron chi connectivity index (χ0n) is 12.9. The Hall–Kier alpha value is -2.34. The molecule has 0 radical (unpaired) electrons. The maximum Gasteiger partial charge on any atom is 0.191 e. The van der Waals surface area contributed by atoms with Crippen molar-refractivity contribution >= 4 is 28.2 Å². The Balaban J connectivity index is 1.54. The molecule has 0 aliphatic carbocycles. The van der Waals surface area contributed by atoms with Crippen LogP contribution in [0.3, 0.4) is 0 Å². The number of aromatic amines is 1. The predicted molar refractivity (Wildman–Crippen MR) is 94.5 cm³/mol. The number of nitrogens with zero attached hydrogens (tertiary/aromatic N) is 1. The fourth-order valence-electron chi connectivity index (χ4n) is 2.47. The SMILES string of the molecule is CN=C(NCCc1c[nH]c2ccc(F)cc12)NCc1ccsc1. The molecule has 3 rings (SSSR count). The minimum absolute atomic E-state index is 0.209. The van der Waals surface area contributed by atoms with Crippen molar-refractivity contribution in [2.24, 2.45) is 4.99 Å². The number of hydrogen-bond acceptors (Lipinski definition) is 2. The first-order valence-electron chi connectivity index (χ1n) is 7.47. The van der Waals surface area contributed by atoms with Gasteiger partial charge in [0.05, 0.1) is 0 Å². The Labute approximate surface area is 138 Å². The first-order chi connectivity index (χ1) is 11.3. The van der Waals surface area contributed by atoms with E-state index in [-0.39, 0.29) is 5.82 Å². The van der Waals surface area contributed by atoms with Gasteiger partial charge in [0.2, 0.25) is 0 Å². The number of guanidine groups is 1. The number of nitrogens with one attached hydrogen (secondary N) is 3. The number of halogens is 1. The minimum atomic E-state index is -0.209. The van der Waals surface area contributed by atoms with Gasteiger partial charge in [0.25, 0.3) is 0 Å².